The van der Waals surface area contributed by atoms with Crippen molar-refractivity contribution in [2.24, 2.45) is 0 Å². The molecule has 2 atom stereocenters. The number of hydrogen-bond acceptors (Lipinski definition) is 5. The van der Waals surface area contributed by atoms with Gasteiger partial charge in [-0.15, -0.1) is 0 Å². The monoisotopic (exact) mass is 342 g/mol. The van der Waals surface area contributed by atoms with Gasteiger partial charge >= 0.3 is 0 Å². The van der Waals surface area contributed by atoms with E-state index in [0.29, 0.717) is 17.5 Å². The summed E-state index contributed by atoms with van der Waals surface area (Å²) >= 11 is 0. The third kappa shape index (κ3) is 3.65. The molecule has 3 rings (SSSR count). The molecule has 1 aromatic carbocycles. The smallest absolute Gasteiger partial charge is 0.270 e. The number of nitrogens with zero attached hydrogens (tertiary/aromatic N) is 1. The summed E-state index contributed by atoms with van der Waals surface area (Å²) in [5, 5.41) is 26.5. The lowest BCUT2D eigenvalue weighted by molar-refractivity contribution is -0.385. The Labute approximate surface area is 146 Å². The maximum atomic E-state index is 11.2. The number of fused-ring (bicyclic) bond motifs is 2. The number of β-amino-alcohol motifs (C(OH)–C–C–N with tert-alkyl or cyclic N) is 1. The molecule has 0 radical (unpaired) electrons. The summed E-state index contributed by atoms with van der Waals surface area (Å²) < 4.78 is 6.01. The minimum atomic E-state index is -0.902. The first-order chi connectivity index (χ1) is 11.8. The summed E-state index contributed by atoms with van der Waals surface area (Å²) in [6.45, 7) is 6.31. The second-order valence-corrected chi connectivity index (χ2v) is 7.24. The van der Waals surface area contributed by atoms with Crippen molar-refractivity contribution >= 4 is 17.0 Å². The summed E-state index contributed by atoms with van der Waals surface area (Å²) in [6, 6.07) is 4.68. The molecule has 1 aromatic rings. The van der Waals surface area contributed by atoms with E-state index in [-0.39, 0.29) is 17.3 Å². The molecule has 2 aliphatic rings. The van der Waals surface area contributed by atoms with Gasteiger partial charge < -0.3 is 15.2 Å². The van der Waals surface area contributed by atoms with Crippen LogP contribution in [0.2, 0.25) is 0 Å². The Hall–Kier alpha value is -2.44. The molecule has 0 bridgehead atoms. The van der Waals surface area contributed by atoms with E-state index in [0.717, 1.165) is 10.8 Å². The Morgan fingerprint density at radius 1 is 1.32 bits per heavy atom. The molecule has 1 heterocycles. The predicted octanol–water partition coefficient (Wildman–Crippen LogP) is 1.13. The number of ether oxygens (including phenoxy) is 1. The van der Waals surface area contributed by atoms with E-state index in [1.165, 1.54) is 12.1 Å². The van der Waals surface area contributed by atoms with E-state index < -0.39 is 11.0 Å². The average molecular weight is 342 g/mol. The Morgan fingerprint density at radius 3 is 2.76 bits per heavy atom. The fourth-order valence-electron chi connectivity index (χ4n) is 2.92. The van der Waals surface area contributed by atoms with Crippen molar-refractivity contribution in [1.82, 2.24) is 5.32 Å². The van der Waals surface area contributed by atoms with Gasteiger partial charge in [0.2, 0.25) is 0 Å². The second kappa shape index (κ2) is 6.46. The predicted molar refractivity (Wildman–Crippen MR) is 96.1 cm³/mol. The van der Waals surface area contributed by atoms with Gasteiger partial charge in [-0.05, 0) is 38.1 Å². The lowest BCUT2D eigenvalue weighted by atomic mass is 9.96. The zero-order valence-corrected chi connectivity index (χ0v) is 14.5. The largest absolute Gasteiger partial charge is 0.482 e. The normalized spacial score (nSPS) is 19.9. The van der Waals surface area contributed by atoms with E-state index in [1.54, 1.807) is 6.07 Å². The molecular weight excluding hydrogens is 320 g/mol. The lowest BCUT2D eigenvalue weighted by Crippen LogP contribution is -2.46. The Bertz CT molecular complexity index is 878. The molecule has 0 fully saturated rings. The van der Waals surface area contributed by atoms with Gasteiger partial charge in [-0.3, -0.25) is 10.1 Å². The van der Waals surface area contributed by atoms with Crippen molar-refractivity contribution in [3.8, 4) is 0 Å². The molecule has 1 aliphatic carbocycles. The molecule has 0 spiro atoms. The number of nitro benzene ring substituents is 1. The zero-order chi connectivity index (χ0) is 18.2. The Kier molecular flexibility index (Phi) is 4.49. The number of allylic oxidation sites excluding steroid dienone is 2. The van der Waals surface area contributed by atoms with Crippen molar-refractivity contribution in [2.75, 3.05) is 6.54 Å². The summed E-state index contributed by atoms with van der Waals surface area (Å²) in [4.78, 5) is 10.7. The van der Waals surface area contributed by atoms with E-state index in [2.05, 4.69) is 5.32 Å². The summed E-state index contributed by atoms with van der Waals surface area (Å²) in [5.74, 6) is 0.365. The van der Waals surface area contributed by atoms with Gasteiger partial charge in [0, 0.05) is 35.0 Å². The van der Waals surface area contributed by atoms with E-state index >= 15 is 0 Å². The van der Waals surface area contributed by atoms with Crippen LogP contribution in [0.4, 0.5) is 5.69 Å². The molecule has 6 heteroatoms. The van der Waals surface area contributed by atoms with Crippen molar-refractivity contribution in [3.05, 3.63) is 63.1 Å². The third-order valence-corrected chi connectivity index (χ3v) is 4.15. The van der Waals surface area contributed by atoms with Gasteiger partial charge in [0.15, 0.2) is 0 Å². The number of nitro groups is 1. The second-order valence-electron chi connectivity index (χ2n) is 7.24. The molecule has 2 unspecified atom stereocenters. The number of non-ortho nitro benzene ring substituents is 1. The van der Waals surface area contributed by atoms with Gasteiger partial charge in [0.05, 0.1) is 4.92 Å². The molecular formula is C19H22N2O4. The van der Waals surface area contributed by atoms with E-state index in [4.69, 9.17) is 4.74 Å². The fraction of sp³-hybridized carbons (Fsp3) is 0.368. The molecule has 0 saturated heterocycles. The first-order valence-corrected chi connectivity index (χ1v) is 8.24. The number of aliphatic hydroxyl groups is 1. The molecule has 25 heavy (non-hydrogen) atoms. The van der Waals surface area contributed by atoms with Crippen LogP contribution in [-0.2, 0) is 4.74 Å². The molecule has 0 aromatic heterocycles. The molecule has 132 valence electrons. The lowest BCUT2D eigenvalue weighted by Gasteiger charge is -2.29. The van der Waals surface area contributed by atoms with Crippen LogP contribution in [0, 0.1) is 10.1 Å². The number of rotatable bonds is 4. The highest BCUT2D eigenvalue weighted by Crippen LogP contribution is 2.23. The van der Waals surface area contributed by atoms with Crippen LogP contribution in [0.3, 0.4) is 0 Å². The number of aliphatic hydroxyl groups excluding tert-OH is 1. The first-order valence-electron chi connectivity index (χ1n) is 8.24. The summed E-state index contributed by atoms with van der Waals surface area (Å²) in [5.41, 5.74) is 0.754. The van der Waals surface area contributed by atoms with Gasteiger partial charge in [-0.1, -0.05) is 18.2 Å². The highest BCUT2D eigenvalue weighted by Gasteiger charge is 2.27. The molecule has 1 aliphatic heterocycles. The average Bonchev–Trinajstić information content (AvgIpc) is 2.57. The zero-order valence-electron chi connectivity index (χ0n) is 14.5. The van der Waals surface area contributed by atoms with Gasteiger partial charge in [-0.2, -0.15) is 0 Å². The van der Waals surface area contributed by atoms with Crippen LogP contribution >= 0.6 is 0 Å². The van der Waals surface area contributed by atoms with Crippen molar-refractivity contribution < 1.29 is 14.8 Å². The minimum absolute atomic E-state index is 0.0230. The molecule has 2 N–H and O–H groups in total. The van der Waals surface area contributed by atoms with Gasteiger partial charge in [0.1, 0.15) is 18.0 Å². The van der Waals surface area contributed by atoms with Gasteiger partial charge in [-0.25, -0.2) is 0 Å². The van der Waals surface area contributed by atoms with Crippen molar-refractivity contribution in [2.45, 2.75) is 38.5 Å². The number of hydrogen-bond donors (Lipinski definition) is 2. The highest BCUT2D eigenvalue weighted by atomic mass is 16.6. The highest BCUT2D eigenvalue weighted by molar-refractivity contribution is 5.70. The fourth-order valence-corrected chi connectivity index (χ4v) is 2.92. The Morgan fingerprint density at radius 2 is 2.08 bits per heavy atom. The third-order valence-electron chi connectivity index (χ3n) is 4.15. The molecule has 6 nitrogen and oxygen atoms in total. The van der Waals surface area contributed by atoms with Crippen LogP contribution in [-0.4, -0.2) is 34.3 Å². The quantitative estimate of drug-likeness (QED) is 0.633. The van der Waals surface area contributed by atoms with Crippen LogP contribution in [0.25, 0.3) is 11.3 Å². The molecule has 0 saturated carbocycles. The first kappa shape index (κ1) is 17.4. The number of benzene rings is 1. The van der Waals surface area contributed by atoms with E-state index in [1.807, 2.05) is 45.1 Å². The summed E-state index contributed by atoms with van der Waals surface area (Å²) in [6.07, 6.45) is 6.44. The van der Waals surface area contributed by atoms with Crippen LogP contribution in [0.5, 0.6) is 0 Å². The van der Waals surface area contributed by atoms with E-state index in [9.17, 15) is 15.2 Å². The molecule has 0 amide bonds. The minimum Gasteiger partial charge on any atom is -0.482 e. The van der Waals surface area contributed by atoms with Crippen molar-refractivity contribution in [3.63, 3.8) is 0 Å². The standard InChI is InChI=1S/C19H22N2O4/c1-19(2,3)20-11-16(22)18-15-10-12(21(23)24)8-9-13(15)14-6-4-5-7-17(14)25-18/h4-10,16-17,20,22H,11H2,1-3H3. The van der Waals surface area contributed by atoms with Crippen LogP contribution in [0.1, 0.15) is 20.8 Å². The summed E-state index contributed by atoms with van der Waals surface area (Å²) in [7, 11) is 0. The Balaban J connectivity index is 2.14. The van der Waals surface area contributed by atoms with Gasteiger partial charge in [0.25, 0.3) is 5.69 Å². The van der Waals surface area contributed by atoms with Crippen LogP contribution in [0.15, 0.2) is 42.5 Å². The van der Waals surface area contributed by atoms with Crippen molar-refractivity contribution in [1.29, 1.82) is 0 Å². The SMILES string of the molecule is CC(C)(C)NCC(O)C1=c2cc([N+](=O)[O-])ccc2=C2C=CC=CC2O1. The van der Waals surface area contributed by atoms with Crippen LogP contribution < -0.4 is 15.8 Å². The number of nitrogens with one attached hydrogen (secondary N) is 1. The maximum absolute atomic E-state index is 11.2. The maximum Gasteiger partial charge on any atom is 0.270 e. The topological polar surface area (TPSA) is 84.6 Å².